The summed E-state index contributed by atoms with van der Waals surface area (Å²) in [5.74, 6) is 0.360. The quantitative estimate of drug-likeness (QED) is 0.804. The predicted octanol–water partition coefficient (Wildman–Crippen LogP) is 2.27. The van der Waals surface area contributed by atoms with Crippen molar-refractivity contribution in [3.63, 3.8) is 0 Å². The number of halogens is 3. The van der Waals surface area contributed by atoms with E-state index >= 15 is 0 Å². The normalized spacial score (nSPS) is 17.4. The van der Waals surface area contributed by atoms with Gasteiger partial charge in [-0.1, -0.05) is 0 Å². The van der Waals surface area contributed by atoms with Gasteiger partial charge in [-0.2, -0.15) is 13.2 Å². The zero-order valence-electron chi connectivity index (χ0n) is 8.80. The second kappa shape index (κ2) is 3.46. The second-order valence-electron chi connectivity index (χ2n) is 4.24. The van der Waals surface area contributed by atoms with E-state index in [-0.39, 0.29) is 0 Å². The molecule has 6 heteroatoms. The number of nitrogens with one attached hydrogen (secondary N) is 2. The number of rotatable bonds is 1. The van der Waals surface area contributed by atoms with Gasteiger partial charge < -0.3 is 10.3 Å². The van der Waals surface area contributed by atoms with Gasteiger partial charge in [0.15, 0.2) is 0 Å². The van der Waals surface area contributed by atoms with Crippen LogP contribution >= 0.6 is 0 Å². The summed E-state index contributed by atoms with van der Waals surface area (Å²) in [6.07, 6.45) is -3.47. The summed E-state index contributed by atoms with van der Waals surface area (Å²) >= 11 is 0. The molecule has 2 aromatic rings. The van der Waals surface area contributed by atoms with Gasteiger partial charge in [0.2, 0.25) is 0 Å². The molecule has 0 aromatic carbocycles. The lowest BCUT2D eigenvalue weighted by Crippen LogP contribution is -2.40. The average molecular weight is 241 g/mol. The lowest BCUT2D eigenvalue weighted by Gasteiger charge is -2.25. The molecule has 0 atom stereocenters. The molecular weight excluding hydrogens is 231 g/mol. The summed E-state index contributed by atoms with van der Waals surface area (Å²) in [5.41, 5.74) is 0.757. The van der Waals surface area contributed by atoms with E-state index in [1.807, 2.05) is 0 Å². The molecule has 90 valence electrons. The predicted molar refractivity (Wildman–Crippen MR) is 56.7 cm³/mol. The van der Waals surface area contributed by atoms with Crippen molar-refractivity contribution in [1.82, 2.24) is 15.3 Å². The number of aromatic amines is 1. The highest BCUT2D eigenvalue weighted by atomic mass is 19.4. The number of pyridine rings is 1. The van der Waals surface area contributed by atoms with Gasteiger partial charge in [0.25, 0.3) is 0 Å². The van der Waals surface area contributed by atoms with Crippen molar-refractivity contribution in [2.75, 3.05) is 13.1 Å². The first-order chi connectivity index (χ1) is 8.04. The van der Waals surface area contributed by atoms with Crippen LogP contribution < -0.4 is 5.32 Å². The van der Waals surface area contributed by atoms with Crippen molar-refractivity contribution in [2.24, 2.45) is 0 Å². The van der Waals surface area contributed by atoms with Gasteiger partial charge in [0.1, 0.15) is 5.65 Å². The standard InChI is InChI=1S/C11H10F3N3/c12-11(13,14)8-1-6-2-9(7-3-15-4-7)17-10(6)16-5-8/h1-2,5,7,15H,3-4H2,(H,16,17). The molecule has 2 aromatic heterocycles. The van der Waals surface area contributed by atoms with E-state index in [1.165, 1.54) is 0 Å². The summed E-state index contributed by atoms with van der Waals surface area (Å²) in [7, 11) is 0. The minimum atomic E-state index is -4.34. The van der Waals surface area contributed by atoms with Crippen molar-refractivity contribution in [1.29, 1.82) is 0 Å². The van der Waals surface area contributed by atoms with Crippen LogP contribution in [0.4, 0.5) is 13.2 Å². The van der Waals surface area contributed by atoms with Crippen molar-refractivity contribution in [3.8, 4) is 0 Å². The molecule has 1 fully saturated rings. The Morgan fingerprint density at radius 2 is 2.00 bits per heavy atom. The van der Waals surface area contributed by atoms with E-state index in [0.717, 1.165) is 31.0 Å². The zero-order chi connectivity index (χ0) is 12.0. The fourth-order valence-electron chi connectivity index (χ4n) is 1.92. The van der Waals surface area contributed by atoms with Gasteiger partial charge in [-0.25, -0.2) is 4.98 Å². The molecule has 17 heavy (non-hydrogen) atoms. The molecule has 0 aliphatic carbocycles. The van der Waals surface area contributed by atoms with Crippen molar-refractivity contribution in [2.45, 2.75) is 12.1 Å². The minimum Gasteiger partial charge on any atom is -0.343 e. The van der Waals surface area contributed by atoms with E-state index in [0.29, 0.717) is 17.0 Å². The average Bonchev–Trinajstić information content (AvgIpc) is 2.54. The monoisotopic (exact) mass is 241 g/mol. The number of hydrogen-bond donors (Lipinski definition) is 2. The van der Waals surface area contributed by atoms with E-state index in [4.69, 9.17) is 0 Å². The molecule has 3 rings (SSSR count). The van der Waals surface area contributed by atoms with Gasteiger partial charge >= 0.3 is 6.18 Å². The smallest absolute Gasteiger partial charge is 0.343 e. The van der Waals surface area contributed by atoms with Gasteiger partial charge in [0.05, 0.1) is 5.56 Å². The number of fused-ring (bicyclic) bond motifs is 1. The Morgan fingerprint density at radius 3 is 2.59 bits per heavy atom. The summed E-state index contributed by atoms with van der Waals surface area (Å²) in [4.78, 5) is 6.87. The molecule has 3 heterocycles. The largest absolute Gasteiger partial charge is 0.417 e. The van der Waals surface area contributed by atoms with E-state index in [9.17, 15) is 13.2 Å². The molecule has 3 nitrogen and oxygen atoms in total. The Labute approximate surface area is 95.0 Å². The molecule has 0 unspecified atom stereocenters. The SMILES string of the molecule is FC(F)(F)c1cnc2[nH]c(C3CNC3)cc2c1. The van der Waals surface area contributed by atoms with Crippen molar-refractivity contribution >= 4 is 11.0 Å². The van der Waals surface area contributed by atoms with Crippen LogP contribution in [0.3, 0.4) is 0 Å². The number of hydrogen-bond acceptors (Lipinski definition) is 2. The summed E-state index contributed by atoms with van der Waals surface area (Å²) in [6.45, 7) is 1.72. The minimum absolute atomic E-state index is 0.360. The third-order valence-electron chi connectivity index (χ3n) is 3.04. The topological polar surface area (TPSA) is 40.7 Å². The fraction of sp³-hybridized carbons (Fsp3) is 0.364. The molecule has 1 aliphatic rings. The summed E-state index contributed by atoms with van der Waals surface area (Å²) < 4.78 is 37.5. The maximum atomic E-state index is 12.5. The van der Waals surface area contributed by atoms with Crippen LogP contribution in [0.2, 0.25) is 0 Å². The molecule has 1 aliphatic heterocycles. The first-order valence-corrected chi connectivity index (χ1v) is 5.30. The third-order valence-corrected chi connectivity index (χ3v) is 3.04. The second-order valence-corrected chi connectivity index (χ2v) is 4.24. The van der Waals surface area contributed by atoms with Crippen LogP contribution in [0.1, 0.15) is 17.2 Å². The Morgan fingerprint density at radius 1 is 1.24 bits per heavy atom. The van der Waals surface area contributed by atoms with Crippen LogP contribution in [0.25, 0.3) is 11.0 Å². The van der Waals surface area contributed by atoms with E-state index < -0.39 is 11.7 Å². The fourth-order valence-corrected chi connectivity index (χ4v) is 1.92. The molecule has 0 saturated carbocycles. The van der Waals surface area contributed by atoms with Crippen molar-refractivity contribution in [3.05, 3.63) is 29.6 Å². The van der Waals surface area contributed by atoms with Gasteiger partial charge in [-0.05, 0) is 12.1 Å². The molecule has 0 spiro atoms. The first-order valence-electron chi connectivity index (χ1n) is 5.30. The zero-order valence-corrected chi connectivity index (χ0v) is 8.80. The van der Waals surface area contributed by atoms with Gasteiger partial charge in [0, 0.05) is 36.3 Å². The van der Waals surface area contributed by atoms with Gasteiger partial charge in [-0.15, -0.1) is 0 Å². The lowest BCUT2D eigenvalue weighted by atomic mass is 9.99. The molecule has 0 radical (unpaired) electrons. The molecule has 0 amide bonds. The van der Waals surface area contributed by atoms with Gasteiger partial charge in [-0.3, -0.25) is 0 Å². The lowest BCUT2D eigenvalue weighted by molar-refractivity contribution is -0.137. The molecular formula is C11H10F3N3. The van der Waals surface area contributed by atoms with E-state index in [2.05, 4.69) is 15.3 Å². The third kappa shape index (κ3) is 1.78. The Hall–Kier alpha value is -1.56. The molecule has 2 N–H and O–H groups in total. The Bertz CT molecular complexity index is 555. The van der Waals surface area contributed by atoms with Crippen LogP contribution in [0.15, 0.2) is 18.3 Å². The highest BCUT2D eigenvalue weighted by Gasteiger charge is 2.31. The van der Waals surface area contributed by atoms with Crippen LogP contribution in [0, 0.1) is 0 Å². The number of aromatic nitrogens is 2. The summed E-state index contributed by atoms with van der Waals surface area (Å²) in [5, 5.41) is 3.63. The van der Waals surface area contributed by atoms with E-state index in [1.54, 1.807) is 6.07 Å². The van der Waals surface area contributed by atoms with Crippen LogP contribution in [-0.2, 0) is 6.18 Å². The van der Waals surface area contributed by atoms with Crippen LogP contribution in [-0.4, -0.2) is 23.1 Å². The number of nitrogens with zero attached hydrogens (tertiary/aromatic N) is 1. The maximum Gasteiger partial charge on any atom is 0.417 e. The number of alkyl halides is 3. The highest BCUT2D eigenvalue weighted by molar-refractivity contribution is 5.77. The molecule has 0 bridgehead atoms. The Kier molecular flexibility index (Phi) is 2.16. The summed E-state index contributed by atoms with van der Waals surface area (Å²) in [6, 6.07) is 2.89. The highest BCUT2D eigenvalue weighted by Crippen LogP contribution is 2.31. The first kappa shape index (κ1) is 10.6. The Balaban J connectivity index is 2.04. The van der Waals surface area contributed by atoms with Crippen molar-refractivity contribution < 1.29 is 13.2 Å². The maximum absolute atomic E-state index is 12.5. The van der Waals surface area contributed by atoms with Crippen LogP contribution in [0.5, 0.6) is 0 Å². The number of H-pyrrole nitrogens is 1. The molecule has 1 saturated heterocycles.